The number of rotatable bonds is 4. The summed E-state index contributed by atoms with van der Waals surface area (Å²) in [5, 5.41) is 10.9. The molecule has 2 aromatic heterocycles. The van der Waals surface area contributed by atoms with Crippen LogP contribution in [0.5, 0.6) is 0 Å². The smallest absolute Gasteiger partial charge is 0.233 e. The number of carbonyl (C=O) groups is 1. The Bertz CT molecular complexity index is 583. The lowest BCUT2D eigenvalue weighted by atomic mass is 10.3. The normalized spacial score (nSPS) is 11.0. The molecule has 0 fully saturated rings. The fourth-order valence-corrected chi connectivity index (χ4v) is 1.85. The Labute approximate surface area is 111 Å². The molecule has 1 N–H and O–H groups in total. The summed E-state index contributed by atoms with van der Waals surface area (Å²) >= 11 is 0. The summed E-state index contributed by atoms with van der Waals surface area (Å²) in [5.41, 5.74) is 1.64. The minimum absolute atomic E-state index is 0.141. The number of anilines is 1. The van der Waals surface area contributed by atoms with E-state index < -0.39 is 0 Å². The van der Waals surface area contributed by atoms with Crippen molar-refractivity contribution in [2.75, 3.05) is 5.32 Å². The molecule has 0 aliphatic heterocycles. The Balaban J connectivity index is 2.06. The summed E-state index contributed by atoms with van der Waals surface area (Å²) in [7, 11) is 0. The first-order chi connectivity index (χ1) is 8.95. The van der Waals surface area contributed by atoms with Crippen LogP contribution in [0.2, 0.25) is 0 Å². The minimum Gasteiger partial charge on any atom is -0.361 e. The van der Waals surface area contributed by atoms with Gasteiger partial charge in [-0.1, -0.05) is 5.16 Å². The Morgan fingerprint density at radius 2 is 2.11 bits per heavy atom. The molecule has 0 bridgehead atoms. The molecule has 0 saturated carbocycles. The first-order valence-corrected chi connectivity index (χ1v) is 6.24. The molecule has 0 spiro atoms. The third-order valence-electron chi connectivity index (χ3n) is 2.63. The van der Waals surface area contributed by atoms with Gasteiger partial charge in [-0.05, 0) is 27.7 Å². The number of hydrogen-bond donors (Lipinski definition) is 1. The lowest BCUT2D eigenvalue weighted by Gasteiger charge is -2.11. The highest BCUT2D eigenvalue weighted by molar-refractivity contribution is 5.91. The molecule has 0 unspecified atom stereocenters. The van der Waals surface area contributed by atoms with Crippen LogP contribution >= 0.6 is 0 Å². The van der Waals surface area contributed by atoms with Crippen molar-refractivity contribution in [2.24, 2.45) is 0 Å². The highest BCUT2D eigenvalue weighted by Gasteiger charge is 2.13. The topological polar surface area (TPSA) is 73.0 Å². The molecule has 2 heterocycles. The van der Waals surface area contributed by atoms with Crippen molar-refractivity contribution in [3.8, 4) is 0 Å². The summed E-state index contributed by atoms with van der Waals surface area (Å²) < 4.78 is 6.81. The van der Waals surface area contributed by atoms with Crippen LogP contribution in [0.1, 0.15) is 37.0 Å². The maximum absolute atomic E-state index is 11.9. The fourth-order valence-electron chi connectivity index (χ4n) is 1.85. The van der Waals surface area contributed by atoms with Crippen LogP contribution in [-0.2, 0) is 11.2 Å². The van der Waals surface area contributed by atoms with Gasteiger partial charge in [0.25, 0.3) is 0 Å². The fraction of sp³-hybridized carbons (Fsp3) is 0.462. The number of aryl methyl sites for hydroxylation is 2. The molecular formula is C13H18N4O2. The van der Waals surface area contributed by atoms with Gasteiger partial charge >= 0.3 is 0 Å². The molecule has 102 valence electrons. The van der Waals surface area contributed by atoms with E-state index >= 15 is 0 Å². The van der Waals surface area contributed by atoms with E-state index in [1.165, 1.54) is 0 Å². The predicted octanol–water partition coefficient (Wildman–Crippen LogP) is 2.25. The van der Waals surface area contributed by atoms with E-state index in [0.717, 1.165) is 11.4 Å². The number of nitrogens with zero attached hydrogens (tertiary/aromatic N) is 3. The molecule has 6 nitrogen and oxygen atoms in total. The lowest BCUT2D eigenvalue weighted by Crippen LogP contribution is -2.18. The van der Waals surface area contributed by atoms with E-state index in [0.29, 0.717) is 11.6 Å². The van der Waals surface area contributed by atoms with Crippen molar-refractivity contribution < 1.29 is 9.32 Å². The molecular weight excluding hydrogens is 244 g/mol. The molecule has 0 aliphatic carbocycles. The Morgan fingerprint density at radius 3 is 2.68 bits per heavy atom. The molecule has 2 aromatic rings. The van der Waals surface area contributed by atoms with E-state index in [9.17, 15) is 4.79 Å². The molecule has 19 heavy (non-hydrogen) atoms. The predicted molar refractivity (Wildman–Crippen MR) is 70.9 cm³/mol. The average Bonchev–Trinajstić information content (AvgIpc) is 2.85. The molecule has 2 rings (SSSR count). The summed E-state index contributed by atoms with van der Waals surface area (Å²) in [6.45, 7) is 7.75. The molecule has 0 aliphatic rings. The first kappa shape index (κ1) is 13.3. The highest BCUT2D eigenvalue weighted by Crippen LogP contribution is 2.16. The maximum Gasteiger partial charge on any atom is 0.233 e. The summed E-state index contributed by atoms with van der Waals surface area (Å²) in [6, 6.07) is 3.80. The van der Waals surface area contributed by atoms with Gasteiger partial charge in [-0.2, -0.15) is 5.10 Å². The molecule has 0 aromatic carbocycles. The van der Waals surface area contributed by atoms with Gasteiger partial charge in [0.2, 0.25) is 5.91 Å². The first-order valence-electron chi connectivity index (χ1n) is 6.24. The zero-order chi connectivity index (χ0) is 14.0. The Kier molecular flexibility index (Phi) is 3.69. The number of amides is 1. The van der Waals surface area contributed by atoms with Crippen LogP contribution in [0.3, 0.4) is 0 Å². The molecule has 1 amide bonds. The molecule has 6 heteroatoms. The van der Waals surface area contributed by atoms with Crippen LogP contribution in [0.4, 0.5) is 5.82 Å². The van der Waals surface area contributed by atoms with Crippen molar-refractivity contribution in [3.05, 3.63) is 29.3 Å². The average molecular weight is 262 g/mol. The van der Waals surface area contributed by atoms with Crippen LogP contribution in [0, 0.1) is 13.8 Å². The minimum atomic E-state index is -0.141. The van der Waals surface area contributed by atoms with Crippen molar-refractivity contribution in [3.63, 3.8) is 0 Å². The van der Waals surface area contributed by atoms with Gasteiger partial charge in [0, 0.05) is 18.2 Å². The monoisotopic (exact) mass is 262 g/mol. The second-order valence-corrected chi connectivity index (χ2v) is 4.87. The quantitative estimate of drug-likeness (QED) is 0.917. The second kappa shape index (κ2) is 5.26. The number of carbonyl (C=O) groups excluding carboxylic acids is 1. The van der Waals surface area contributed by atoms with E-state index in [1.54, 1.807) is 10.7 Å². The zero-order valence-electron chi connectivity index (χ0n) is 11.6. The largest absolute Gasteiger partial charge is 0.361 e. The van der Waals surface area contributed by atoms with Crippen LogP contribution in [0.25, 0.3) is 0 Å². The number of nitrogens with one attached hydrogen (secondary N) is 1. The van der Waals surface area contributed by atoms with Gasteiger partial charge in [0.1, 0.15) is 11.6 Å². The van der Waals surface area contributed by atoms with Crippen LogP contribution < -0.4 is 5.32 Å². The van der Waals surface area contributed by atoms with Crippen LogP contribution in [-0.4, -0.2) is 20.8 Å². The Hall–Kier alpha value is -2.11. The van der Waals surface area contributed by atoms with E-state index in [4.69, 9.17) is 4.52 Å². The number of hydrogen-bond acceptors (Lipinski definition) is 4. The van der Waals surface area contributed by atoms with Gasteiger partial charge < -0.3 is 9.84 Å². The van der Waals surface area contributed by atoms with Gasteiger partial charge in [-0.25, -0.2) is 4.68 Å². The van der Waals surface area contributed by atoms with Crippen molar-refractivity contribution in [1.29, 1.82) is 0 Å². The highest BCUT2D eigenvalue weighted by atomic mass is 16.5. The summed E-state index contributed by atoms with van der Waals surface area (Å²) in [6.07, 6.45) is 0.170. The van der Waals surface area contributed by atoms with E-state index in [1.807, 2.05) is 33.8 Å². The lowest BCUT2D eigenvalue weighted by molar-refractivity contribution is -0.115. The van der Waals surface area contributed by atoms with Gasteiger partial charge in [-0.3, -0.25) is 4.79 Å². The number of aromatic nitrogens is 3. The van der Waals surface area contributed by atoms with E-state index in [-0.39, 0.29) is 18.4 Å². The maximum atomic E-state index is 11.9. The standard InChI is InChI=1S/C13H18N4O2/c1-8(2)17-12(6-9(3)15-17)14-13(18)7-11-5-10(4)16-19-11/h5-6,8H,7H2,1-4H3,(H,14,18). The van der Waals surface area contributed by atoms with Crippen LogP contribution in [0.15, 0.2) is 16.7 Å². The van der Waals surface area contributed by atoms with Crippen molar-refractivity contribution in [2.45, 2.75) is 40.2 Å². The Morgan fingerprint density at radius 1 is 1.37 bits per heavy atom. The molecule has 0 radical (unpaired) electrons. The van der Waals surface area contributed by atoms with Gasteiger partial charge in [0.15, 0.2) is 0 Å². The second-order valence-electron chi connectivity index (χ2n) is 4.87. The summed E-state index contributed by atoms with van der Waals surface area (Å²) in [4.78, 5) is 11.9. The van der Waals surface area contributed by atoms with Crippen molar-refractivity contribution >= 4 is 11.7 Å². The van der Waals surface area contributed by atoms with Crippen molar-refractivity contribution in [1.82, 2.24) is 14.9 Å². The van der Waals surface area contributed by atoms with E-state index in [2.05, 4.69) is 15.6 Å². The zero-order valence-corrected chi connectivity index (χ0v) is 11.6. The third-order valence-corrected chi connectivity index (χ3v) is 2.63. The van der Waals surface area contributed by atoms with Gasteiger partial charge in [0.05, 0.1) is 17.8 Å². The SMILES string of the molecule is Cc1cc(CC(=O)Nc2cc(C)nn2C(C)C)on1. The van der Waals surface area contributed by atoms with Gasteiger partial charge in [-0.15, -0.1) is 0 Å². The third kappa shape index (κ3) is 3.21. The molecule has 0 atom stereocenters. The molecule has 0 saturated heterocycles. The summed E-state index contributed by atoms with van der Waals surface area (Å²) in [5.74, 6) is 1.12.